The van der Waals surface area contributed by atoms with E-state index in [0.717, 1.165) is 10.9 Å². The fraction of sp³-hybridized carbons (Fsp3) is 0.0476. The van der Waals surface area contributed by atoms with Gasteiger partial charge in [-0.05, 0) is 48.5 Å². The number of nitrogens with one attached hydrogen (secondary N) is 4. The van der Waals surface area contributed by atoms with Crippen molar-refractivity contribution in [3.05, 3.63) is 84.4 Å². The number of anilines is 2. The van der Waals surface area contributed by atoms with Crippen LogP contribution in [0.4, 0.5) is 16.2 Å². The predicted octanol–water partition coefficient (Wildman–Crippen LogP) is 4.33. The first kappa shape index (κ1) is 17.4. The van der Waals surface area contributed by atoms with Crippen LogP contribution >= 0.6 is 0 Å². The molecule has 7 heteroatoms. The third kappa shape index (κ3) is 4.04. The molecule has 0 saturated heterocycles. The van der Waals surface area contributed by atoms with Gasteiger partial charge in [-0.1, -0.05) is 18.2 Å². The van der Waals surface area contributed by atoms with Crippen molar-refractivity contribution in [2.24, 2.45) is 0 Å². The number of hydrogen-bond donors (Lipinski definition) is 4. The molecule has 0 aliphatic heterocycles. The normalized spacial score (nSPS) is 10.6. The molecule has 3 amide bonds. The van der Waals surface area contributed by atoms with E-state index in [2.05, 4.69) is 20.9 Å². The van der Waals surface area contributed by atoms with Gasteiger partial charge in [0.15, 0.2) is 0 Å². The van der Waals surface area contributed by atoms with Gasteiger partial charge in [0.1, 0.15) is 11.5 Å². The monoisotopic (exact) mass is 374 g/mol. The first-order valence-electron chi connectivity index (χ1n) is 8.74. The van der Waals surface area contributed by atoms with Crippen LogP contribution in [0.3, 0.4) is 0 Å². The molecule has 0 bridgehead atoms. The zero-order chi connectivity index (χ0) is 19.3. The quantitative estimate of drug-likeness (QED) is 0.418. The van der Waals surface area contributed by atoms with Crippen molar-refractivity contribution in [2.45, 2.75) is 6.54 Å². The molecule has 0 fully saturated rings. The van der Waals surface area contributed by atoms with Gasteiger partial charge < -0.3 is 25.4 Å². The summed E-state index contributed by atoms with van der Waals surface area (Å²) >= 11 is 0. The fourth-order valence-corrected chi connectivity index (χ4v) is 2.79. The molecule has 2 aromatic heterocycles. The van der Waals surface area contributed by atoms with Gasteiger partial charge in [0.25, 0.3) is 5.91 Å². The van der Waals surface area contributed by atoms with Gasteiger partial charge in [-0.25, -0.2) is 4.79 Å². The molecule has 28 heavy (non-hydrogen) atoms. The van der Waals surface area contributed by atoms with Crippen LogP contribution < -0.4 is 16.0 Å². The standard InChI is InChI=1S/C21H18N4O3/c26-20(19-12-14-4-1-2-6-18(14)25-19)23-15-7-9-16(10-8-15)24-21(27)22-13-17-5-3-11-28-17/h1-12,25H,13H2,(H,23,26)(H2,22,24,27). The zero-order valence-electron chi connectivity index (χ0n) is 14.9. The van der Waals surface area contributed by atoms with E-state index in [-0.39, 0.29) is 11.9 Å². The number of rotatable bonds is 5. The number of para-hydroxylation sites is 1. The van der Waals surface area contributed by atoms with E-state index < -0.39 is 0 Å². The van der Waals surface area contributed by atoms with E-state index in [0.29, 0.717) is 29.4 Å². The highest BCUT2D eigenvalue weighted by molar-refractivity contribution is 6.06. The number of urea groups is 1. The highest BCUT2D eigenvalue weighted by atomic mass is 16.3. The number of carbonyl (C=O) groups is 2. The Labute approximate surface area is 160 Å². The van der Waals surface area contributed by atoms with Crippen molar-refractivity contribution < 1.29 is 14.0 Å². The molecule has 2 aromatic carbocycles. The summed E-state index contributed by atoms with van der Waals surface area (Å²) < 4.78 is 5.16. The van der Waals surface area contributed by atoms with Crippen LogP contribution in [0, 0.1) is 0 Å². The maximum atomic E-state index is 12.4. The number of fused-ring (bicyclic) bond motifs is 1. The van der Waals surface area contributed by atoms with Crippen LogP contribution in [-0.2, 0) is 6.54 Å². The number of carbonyl (C=O) groups excluding carboxylic acids is 2. The topological polar surface area (TPSA) is 99.2 Å². The number of amides is 3. The summed E-state index contributed by atoms with van der Waals surface area (Å²) in [5.41, 5.74) is 2.64. The lowest BCUT2D eigenvalue weighted by Crippen LogP contribution is -2.27. The third-order valence-electron chi connectivity index (χ3n) is 4.18. The fourth-order valence-electron chi connectivity index (χ4n) is 2.79. The molecule has 0 unspecified atom stereocenters. The lowest BCUT2D eigenvalue weighted by molar-refractivity contribution is 0.102. The van der Waals surface area contributed by atoms with E-state index >= 15 is 0 Å². The van der Waals surface area contributed by atoms with Gasteiger partial charge in [-0.3, -0.25) is 4.79 Å². The molecule has 0 spiro atoms. The van der Waals surface area contributed by atoms with Crippen molar-refractivity contribution in [1.29, 1.82) is 0 Å². The Morgan fingerprint density at radius 1 is 0.893 bits per heavy atom. The van der Waals surface area contributed by atoms with Crippen LogP contribution in [0.15, 0.2) is 77.4 Å². The Morgan fingerprint density at radius 3 is 2.36 bits per heavy atom. The van der Waals surface area contributed by atoms with Crippen LogP contribution in [0.25, 0.3) is 10.9 Å². The first-order chi connectivity index (χ1) is 13.7. The molecular formula is C21H18N4O3. The van der Waals surface area contributed by atoms with Gasteiger partial charge in [0, 0.05) is 22.3 Å². The largest absolute Gasteiger partial charge is 0.467 e. The van der Waals surface area contributed by atoms with E-state index in [4.69, 9.17) is 4.42 Å². The van der Waals surface area contributed by atoms with Crippen LogP contribution in [0.2, 0.25) is 0 Å². The molecule has 0 saturated carbocycles. The third-order valence-corrected chi connectivity index (χ3v) is 4.18. The summed E-state index contributed by atoms with van der Waals surface area (Å²) in [6, 6.07) is 19.6. The summed E-state index contributed by atoms with van der Waals surface area (Å²) in [7, 11) is 0. The smallest absolute Gasteiger partial charge is 0.319 e. The molecular weight excluding hydrogens is 356 g/mol. The Hall–Kier alpha value is -4.00. The second-order valence-electron chi connectivity index (χ2n) is 6.19. The number of aromatic amines is 1. The van der Waals surface area contributed by atoms with Gasteiger partial charge >= 0.3 is 6.03 Å². The van der Waals surface area contributed by atoms with Crippen molar-refractivity contribution in [2.75, 3.05) is 10.6 Å². The number of H-pyrrole nitrogens is 1. The van der Waals surface area contributed by atoms with Crippen LogP contribution in [-0.4, -0.2) is 16.9 Å². The van der Waals surface area contributed by atoms with Crippen molar-refractivity contribution in [3.8, 4) is 0 Å². The van der Waals surface area contributed by atoms with Crippen LogP contribution in [0.1, 0.15) is 16.2 Å². The summed E-state index contributed by atoms with van der Waals surface area (Å²) in [4.78, 5) is 27.4. The summed E-state index contributed by atoms with van der Waals surface area (Å²) in [6.45, 7) is 0.303. The minimum Gasteiger partial charge on any atom is -0.467 e. The lowest BCUT2D eigenvalue weighted by Gasteiger charge is -2.08. The molecule has 4 aromatic rings. The van der Waals surface area contributed by atoms with Gasteiger partial charge in [0.05, 0.1) is 12.8 Å². The van der Waals surface area contributed by atoms with E-state index in [1.807, 2.05) is 30.3 Å². The first-order valence-corrected chi connectivity index (χ1v) is 8.74. The molecule has 140 valence electrons. The number of hydrogen-bond acceptors (Lipinski definition) is 3. The Bertz CT molecular complexity index is 1070. The predicted molar refractivity (Wildman–Crippen MR) is 107 cm³/mol. The Morgan fingerprint density at radius 2 is 1.64 bits per heavy atom. The van der Waals surface area contributed by atoms with Crippen molar-refractivity contribution in [1.82, 2.24) is 10.3 Å². The Balaban J connectivity index is 1.33. The van der Waals surface area contributed by atoms with E-state index in [1.54, 1.807) is 42.7 Å². The molecule has 4 N–H and O–H groups in total. The van der Waals surface area contributed by atoms with Gasteiger partial charge in [-0.2, -0.15) is 0 Å². The maximum absolute atomic E-state index is 12.4. The average Bonchev–Trinajstić information content (AvgIpc) is 3.37. The summed E-state index contributed by atoms with van der Waals surface area (Å²) in [5.74, 6) is 0.443. The molecule has 0 aliphatic rings. The SMILES string of the molecule is O=C(NCc1ccco1)Nc1ccc(NC(=O)c2cc3ccccc3[nH]2)cc1. The molecule has 0 aliphatic carbocycles. The summed E-state index contributed by atoms with van der Waals surface area (Å²) in [6.07, 6.45) is 1.55. The van der Waals surface area contributed by atoms with Crippen molar-refractivity contribution >= 4 is 34.2 Å². The number of furan rings is 1. The summed E-state index contributed by atoms with van der Waals surface area (Å²) in [5, 5.41) is 9.23. The second kappa shape index (κ2) is 7.71. The Kier molecular flexibility index (Phi) is 4.79. The molecule has 0 atom stereocenters. The van der Waals surface area contributed by atoms with Gasteiger partial charge in [0.2, 0.25) is 0 Å². The minimum absolute atomic E-state index is 0.229. The van der Waals surface area contributed by atoms with Gasteiger partial charge in [-0.15, -0.1) is 0 Å². The van der Waals surface area contributed by atoms with E-state index in [1.165, 1.54) is 0 Å². The minimum atomic E-state index is -0.341. The maximum Gasteiger partial charge on any atom is 0.319 e. The highest BCUT2D eigenvalue weighted by Crippen LogP contribution is 2.17. The second-order valence-corrected chi connectivity index (χ2v) is 6.19. The van der Waals surface area contributed by atoms with E-state index in [9.17, 15) is 9.59 Å². The highest BCUT2D eigenvalue weighted by Gasteiger charge is 2.10. The average molecular weight is 374 g/mol. The van der Waals surface area contributed by atoms with Crippen molar-refractivity contribution in [3.63, 3.8) is 0 Å². The zero-order valence-corrected chi connectivity index (χ0v) is 14.9. The number of benzene rings is 2. The number of aromatic nitrogens is 1. The molecule has 4 rings (SSSR count). The molecule has 0 radical (unpaired) electrons. The lowest BCUT2D eigenvalue weighted by atomic mass is 10.2. The molecule has 7 nitrogen and oxygen atoms in total. The van der Waals surface area contributed by atoms with Crippen LogP contribution in [0.5, 0.6) is 0 Å². The molecule has 2 heterocycles.